The summed E-state index contributed by atoms with van der Waals surface area (Å²) in [5, 5.41) is 13.5. The van der Waals surface area contributed by atoms with Crippen molar-refractivity contribution in [2.24, 2.45) is 0 Å². The summed E-state index contributed by atoms with van der Waals surface area (Å²) >= 11 is 0. The molecule has 0 heterocycles. The van der Waals surface area contributed by atoms with Gasteiger partial charge in [-0.05, 0) is 12.1 Å². The second-order valence-electron chi connectivity index (χ2n) is 4.27. The Kier molecular flexibility index (Phi) is 5.99. The lowest BCUT2D eigenvalue weighted by molar-refractivity contribution is -0.139. The number of carbonyl (C=O) groups is 3. The normalized spacial score (nSPS) is 9.62. The van der Waals surface area contributed by atoms with E-state index in [1.165, 1.54) is 11.0 Å². The lowest BCUT2D eigenvalue weighted by Crippen LogP contribution is -2.38. The SMILES string of the molecule is CN(C)C(=O)CNC(=O)Nc1ccccc1OCC(=O)O. The van der Waals surface area contributed by atoms with Crippen LogP contribution < -0.4 is 15.4 Å². The highest BCUT2D eigenvalue weighted by atomic mass is 16.5. The van der Waals surface area contributed by atoms with E-state index in [9.17, 15) is 14.4 Å². The number of amides is 3. The van der Waals surface area contributed by atoms with Crippen LogP contribution in [0.1, 0.15) is 0 Å². The summed E-state index contributed by atoms with van der Waals surface area (Å²) in [5.74, 6) is -1.14. The molecule has 0 aromatic heterocycles. The van der Waals surface area contributed by atoms with Crippen molar-refractivity contribution in [3.05, 3.63) is 24.3 Å². The first-order valence-corrected chi connectivity index (χ1v) is 6.08. The topological polar surface area (TPSA) is 108 Å². The third-order valence-corrected chi connectivity index (χ3v) is 2.39. The molecule has 0 aliphatic heterocycles. The molecule has 1 aromatic rings. The van der Waals surface area contributed by atoms with Gasteiger partial charge >= 0.3 is 12.0 Å². The summed E-state index contributed by atoms with van der Waals surface area (Å²) in [5.41, 5.74) is 0.313. The third-order valence-electron chi connectivity index (χ3n) is 2.39. The molecule has 0 radical (unpaired) electrons. The Morgan fingerprint density at radius 3 is 2.52 bits per heavy atom. The fraction of sp³-hybridized carbons (Fsp3) is 0.308. The molecule has 0 bridgehead atoms. The van der Waals surface area contributed by atoms with Crippen molar-refractivity contribution in [2.75, 3.05) is 32.6 Å². The number of hydrogen-bond acceptors (Lipinski definition) is 4. The molecule has 3 amide bonds. The van der Waals surface area contributed by atoms with Crippen molar-refractivity contribution in [1.29, 1.82) is 0 Å². The molecule has 0 fully saturated rings. The summed E-state index contributed by atoms with van der Waals surface area (Å²) in [6.45, 7) is -0.656. The first-order valence-electron chi connectivity index (χ1n) is 6.08. The highest BCUT2D eigenvalue weighted by Crippen LogP contribution is 2.23. The summed E-state index contributed by atoms with van der Waals surface area (Å²) in [4.78, 5) is 34.8. The van der Waals surface area contributed by atoms with E-state index < -0.39 is 18.6 Å². The van der Waals surface area contributed by atoms with Gasteiger partial charge in [0.2, 0.25) is 5.91 Å². The van der Waals surface area contributed by atoms with Crippen LogP contribution in [0, 0.1) is 0 Å². The number of nitrogens with one attached hydrogen (secondary N) is 2. The van der Waals surface area contributed by atoms with Gasteiger partial charge in [-0.2, -0.15) is 0 Å². The van der Waals surface area contributed by atoms with Crippen LogP contribution in [0.2, 0.25) is 0 Å². The number of ether oxygens (including phenoxy) is 1. The van der Waals surface area contributed by atoms with Crippen LogP contribution in [0.3, 0.4) is 0 Å². The van der Waals surface area contributed by atoms with Gasteiger partial charge in [0.25, 0.3) is 0 Å². The smallest absolute Gasteiger partial charge is 0.341 e. The lowest BCUT2D eigenvalue weighted by Gasteiger charge is -2.13. The minimum Gasteiger partial charge on any atom is -0.480 e. The van der Waals surface area contributed by atoms with Crippen LogP contribution in [-0.4, -0.2) is 55.2 Å². The largest absolute Gasteiger partial charge is 0.480 e. The molecular formula is C13H17N3O5. The van der Waals surface area contributed by atoms with E-state index in [0.29, 0.717) is 5.69 Å². The van der Waals surface area contributed by atoms with E-state index in [2.05, 4.69) is 10.6 Å². The molecule has 0 aliphatic carbocycles. The van der Waals surface area contributed by atoms with Crippen molar-refractivity contribution >= 4 is 23.6 Å². The number of hydrogen-bond donors (Lipinski definition) is 3. The Bertz CT molecular complexity index is 530. The predicted octanol–water partition coefficient (Wildman–Crippen LogP) is 0.360. The highest BCUT2D eigenvalue weighted by Gasteiger charge is 2.10. The van der Waals surface area contributed by atoms with Crippen LogP contribution >= 0.6 is 0 Å². The van der Waals surface area contributed by atoms with Gasteiger partial charge in [0.1, 0.15) is 5.75 Å². The van der Waals surface area contributed by atoms with E-state index in [1.807, 2.05) is 0 Å². The number of anilines is 1. The van der Waals surface area contributed by atoms with Crippen LogP contribution in [0.5, 0.6) is 5.75 Å². The summed E-state index contributed by atoms with van der Waals surface area (Å²) in [6, 6.07) is 5.81. The Morgan fingerprint density at radius 2 is 1.90 bits per heavy atom. The molecule has 0 unspecified atom stereocenters. The average molecular weight is 295 g/mol. The first-order chi connectivity index (χ1) is 9.90. The molecule has 21 heavy (non-hydrogen) atoms. The molecular weight excluding hydrogens is 278 g/mol. The second kappa shape index (κ2) is 7.73. The molecule has 3 N–H and O–H groups in total. The number of para-hydroxylation sites is 2. The van der Waals surface area contributed by atoms with Gasteiger partial charge in [-0.25, -0.2) is 9.59 Å². The maximum atomic E-state index is 11.7. The second-order valence-corrected chi connectivity index (χ2v) is 4.27. The maximum absolute atomic E-state index is 11.7. The number of urea groups is 1. The summed E-state index contributed by atoms with van der Waals surface area (Å²) in [7, 11) is 3.16. The van der Waals surface area contributed by atoms with E-state index >= 15 is 0 Å². The van der Waals surface area contributed by atoms with E-state index in [1.54, 1.807) is 32.3 Å². The Labute approximate surface area is 121 Å². The van der Waals surface area contributed by atoms with E-state index in [4.69, 9.17) is 9.84 Å². The molecule has 8 heteroatoms. The fourth-order valence-electron chi connectivity index (χ4n) is 1.32. The van der Waals surface area contributed by atoms with Gasteiger partial charge < -0.3 is 25.4 Å². The molecule has 0 spiro atoms. The quantitative estimate of drug-likeness (QED) is 0.702. The van der Waals surface area contributed by atoms with Crippen molar-refractivity contribution in [1.82, 2.24) is 10.2 Å². The standard InChI is InChI=1S/C13H17N3O5/c1-16(2)11(17)7-14-13(20)15-9-5-3-4-6-10(9)21-8-12(18)19/h3-6H,7-8H2,1-2H3,(H,18,19)(H2,14,15,20). The number of carboxylic acids is 1. The van der Waals surface area contributed by atoms with E-state index in [0.717, 1.165) is 0 Å². The lowest BCUT2D eigenvalue weighted by atomic mass is 10.3. The third kappa shape index (κ3) is 5.81. The van der Waals surface area contributed by atoms with Crippen molar-refractivity contribution in [3.8, 4) is 5.75 Å². The molecule has 114 valence electrons. The molecule has 1 aromatic carbocycles. The van der Waals surface area contributed by atoms with Crippen molar-refractivity contribution in [3.63, 3.8) is 0 Å². The molecule has 1 rings (SSSR count). The predicted molar refractivity (Wildman–Crippen MR) is 75.3 cm³/mol. The number of carboxylic acid groups (broad SMARTS) is 1. The highest BCUT2D eigenvalue weighted by molar-refractivity contribution is 5.93. The van der Waals surface area contributed by atoms with Crippen LogP contribution in [0.15, 0.2) is 24.3 Å². The van der Waals surface area contributed by atoms with Crippen molar-refractivity contribution in [2.45, 2.75) is 0 Å². The van der Waals surface area contributed by atoms with Crippen LogP contribution in [0.4, 0.5) is 10.5 Å². The van der Waals surface area contributed by atoms with Crippen molar-refractivity contribution < 1.29 is 24.2 Å². The average Bonchev–Trinajstić information content (AvgIpc) is 2.43. The van der Waals surface area contributed by atoms with Gasteiger partial charge in [-0.3, -0.25) is 4.79 Å². The van der Waals surface area contributed by atoms with Gasteiger partial charge in [-0.15, -0.1) is 0 Å². The Morgan fingerprint density at radius 1 is 1.24 bits per heavy atom. The Hall–Kier alpha value is -2.77. The molecule has 8 nitrogen and oxygen atoms in total. The number of likely N-dealkylation sites (N-methyl/N-ethyl adjacent to an activating group) is 1. The summed E-state index contributed by atoms with van der Waals surface area (Å²) in [6.07, 6.45) is 0. The molecule has 0 atom stereocenters. The van der Waals surface area contributed by atoms with Gasteiger partial charge in [-0.1, -0.05) is 12.1 Å². The zero-order chi connectivity index (χ0) is 15.8. The van der Waals surface area contributed by atoms with Gasteiger partial charge in [0.05, 0.1) is 12.2 Å². The number of rotatable bonds is 6. The number of carbonyl (C=O) groups excluding carboxylic acids is 2. The Balaban J connectivity index is 2.59. The fourth-order valence-corrected chi connectivity index (χ4v) is 1.32. The summed E-state index contributed by atoms with van der Waals surface area (Å²) < 4.78 is 5.05. The van der Waals surface area contributed by atoms with Crippen LogP contribution in [0.25, 0.3) is 0 Å². The minimum atomic E-state index is -1.12. The minimum absolute atomic E-state index is 0.142. The monoisotopic (exact) mass is 295 g/mol. The number of aliphatic carboxylic acids is 1. The first kappa shape index (κ1) is 16.3. The molecule has 0 saturated carbocycles. The van der Waals surface area contributed by atoms with Crippen LogP contribution in [-0.2, 0) is 9.59 Å². The zero-order valence-electron chi connectivity index (χ0n) is 11.8. The molecule has 0 saturated heterocycles. The van der Waals surface area contributed by atoms with Gasteiger partial charge in [0.15, 0.2) is 6.61 Å². The van der Waals surface area contributed by atoms with Gasteiger partial charge in [0, 0.05) is 14.1 Å². The molecule has 0 aliphatic rings. The zero-order valence-corrected chi connectivity index (χ0v) is 11.8. The number of nitrogens with zero attached hydrogens (tertiary/aromatic N) is 1. The maximum Gasteiger partial charge on any atom is 0.341 e. The van der Waals surface area contributed by atoms with E-state index in [-0.39, 0.29) is 18.2 Å². The number of benzene rings is 1.